The van der Waals surface area contributed by atoms with Crippen molar-refractivity contribution >= 4 is 60.4 Å². The maximum Gasteiger partial charge on any atom is 0.124 e. The van der Waals surface area contributed by atoms with E-state index >= 15 is 0 Å². The Balaban J connectivity index is 1.13. The van der Waals surface area contributed by atoms with Gasteiger partial charge >= 0.3 is 0 Å². The van der Waals surface area contributed by atoms with E-state index < -0.39 is 0 Å². The van der Waals surface area contributed by atoms with Crippen molar-refractivity contribution in [2.75, 3.05) is 4.90 Å². The normalized spacial score (nSPS) is 11.4. The van der Waals surface area contributed by atoms with Crippen LogP contribution in [0.15, 0.2) is 200 Å². The van der Waals surface area contributed by atoms with E-state index in [-0.39, 0.29) is 0 Å². The van der Waals surface area contributed by atoms with Crippen LogP contribution in [0.3, 0.4) is 0 Å². The minimum absolute atomic E-state index is 1.04. The Morgan fingerprint density at radius 2 is 0.943 bits per heavy atom. The summed E-state index contributed by atoms with van der Waals surface area (Å²) < 4.78 is 3.60. The Hall–Kier alpha value is -6.75. The lowest BCUT2D eigenvalue weighted by molar-refractivity contribution is 1.18. The highest BCUT2D eigenvalue weighted by Gasteiger charge is 2.21. The summed E-state index contributed by atoms with van der Waals surface area (Å²) in [6.45, 7) is 0. The quantitative estimate of drug-likeness (QED) is 0.165. The fourth-order valence-corrected chi connectivity index (χ4v) is 8.48. The molecule has 0 spiro atoms. The van der Waals surface area contributed by atoms with E-state index in [0.29, 0.717) is 0 Å². The Morgan fingerprint density at radius 1 is 0.415 bits per heavy atom. The summed E-state index contributed by atoms with van der Waals surface area (Å²) in [4.78, 5) is 7.32. The fraction of sp³-hybridized carbons (Fsp3) is 0. The Morgan fingerprint density at radius 3 is 1.58 bits per heavy atom. The molecule has 0 aliphatic carbocycles. The molecular weight excluding hydrogens is 663 g/mol. The van der Waals surface area contributed by atoms with Crippen molar-refractivity contribution in [2.45, 2.75) is 0 Å². The largest absolute Gasteiger partial charge is 0.310 e. The van der Waals surface area contributed by atoms with Crippen LogP contribution in [0.2, 0.25) is 0 Å². The van der Waals surface area contributed by atoms with Gasteiger partial charge in [-0.1, -0.05) is 121 Å². The number of fused-ring (bicyclic) bond motifs is 4. The Labute approximate surface area is 312 Å². The summed E-state index contributed by atoms with van der Waals surface area (Å²) in [6, 6.07) is 71.7. The number of nitrogens with zero attached hydrogens (tertiary/aromatic N) is 3. The fourth-order valence-electron chi connectivity index (χ4n) is 7.51. The van der Waals surface area contributed by atoms with Crippen molar-refractivity contribution in [3.05, 3.63) is 200 Å². The molecule has 0 N–H and O–H groups in total. The van der Waals surface area contributed by atoms with Gasteiger partial charge in [-0.25, -0.2) is 4.98 Å². The van der Waals surface area contributed by atoms with Crippen LogP contribution in [0.25, 0.3) is 70.5 Å². The minimum atomic E-state index is 1.04. The first kappa shape index (κ1) is 31.0. The van der Waals surface area contributed by atoms with Gasteiger partial charge in [0.05, 0.1) is 26.9 Å². The average molecular weight is 696 g/mol. The molecule has 8 aromatic carbocycles. The predicted octanol–water partition coefficient (Wildman–Crippen LogP) is 13.9. The van der Waals surface area contributed by atoms with E-state index in [1.54, 1.807) is 11.3 Å². The SMILES string of the molecule is c1ccc(-c2ccc(N(c3ccc(-c4ccccc4)cc3)c3cccc4c3c3ccccc3n4-c3ccc(-c4nc5ccccc5s4)cc3)cc2)cc1. The monoisotopic (exact) mass is 695 g/mol. The van der Waals surface area contributed by atoms with E-state index in [4.69, 9.17) is 4.98 Å². The van der Waals surface area contributed by atoms with Crippen LogP contribution in [-0.2, 0) is 0 Å². The third-order valence-electron chi connectivity index (χ3n) is 10.0. The first-order valence-electron chi connectivity index (χ1n) is 17.9. The third kappa shape index (κ3) is 5.57. The third-order valence-corrected chi connectivity index (χ3v) is 11.1. The lowest BCUT2D eigenvalue weighted by atomic mass is 10.0. The number of para-hydroxylation sites is 2. The molecule has 2 aromatic heterocycles. The van der Waals surface area contributed by atoms with Gasteiger partial charge in [-0.2, -0.15) is 0 Å². The smallest absolute Gasteiger partial charge is 0.124 e. The van der Waals surface area contributed by atoms with Crippen LogP contribution in [-0.4, -0.2) is 9.55 Å². The van der Waals surface area contributed by atoms with E-state index in [1.165, 1.54) is 43.2 Å². The molecule has 0 aliphatic rings. The minimum Gasteiger partial charge on any atom is -0.310 e. The van der Waals surface area contributed by atoms with Crippen LogP contribution < -0.4 is 4.90 Å². The van der Waals surface area contributed by atoms with Gasteiger partial charge in [0.2, 0.25) is 0 Å². The van der Waals surface area contributed by atoms with Gasteiger partial charge in [0.1, 0.15) is 5.01 Å². The molecular formula is C49H33N3S. The van der Waals surface area contributed by atoms with E-state index in [9.17, 15) is 0 Å². The second-order valence-electron chi connectivity index (χ2n) is 13.2. The van der Waals surface area contributed by atoms with Crippen LogP contribution in [0.1, 0.15) is 0 Å². The molecule has 4 heteroatoms. The van der Waals surface area contributed by atoms with Crippen molar-refractivity contribution < 1.29 is 0 Å². The zero-order chi connectivity index (χ0) is 35.1. The van der Waals surface area contributed by atoms with Gasteiger partial charge in [-0.15, -0.1) is 11.3 Å². The number of rotatable bonds is 7. The van der Waals surface area contributed by atoms with Gasteiger partial charge in [-0.05, 0) is 101 Å². The number of hydrogen-bond donors (Lipinski definition) is 0. The number of thiazole rings is 1. The lowest BCUT2D eigenvalue weighted by Crippen LogP contribution is -2.10. The van der Waals surface area contributed by atoms with Crippen LogP contribution >= 0.6 is 11.3 Å². The zero-order valence-corrected chi connectivity index (χ0v) is 29.6. The molecule has 0 saturated heterocycles. The van der Waals surface area contributed by atoms with Crippen LogP contribution in [0.4, 0.5) is 17.1 Å². The highest BCUT2D eigenvalue weighted by Crippen LogP contribution is 2.44. The van der Waals surface area contributed by atoms with Gasteiger partial charge in [0, 0.05) is 33.4 Å². The van der Waals surface area contributed by atoms with Gasteiger partial charge in [0.25, 0.3) is 0 Å². The highest BCUT2D eigenvalue weighted by atomic mass is 32.1. The van der Waals surface area contributed by atoms with Crippen molar-refractivity contribution in [1.29, 1.82) is 0 Å². The molecule has 0 atom stereocenters. The van der Waals surface area contributed by atoms with Crippen molar-refractivity contribution in [3.63, 3.8) is 0 Å². The number of hydrogen-bond acceptors (Lipinski definition) is 3. The summed E-state index contributed by atoms with van der Waals surface area (Å²) in [7, 11) is 0. The topological polar surface area (TPSA) is 21.1 Å². The molecule has 0 aliphatic heterocycles. The molecule has 53 heavy (non-hydrogen) atoms. The van der Waals surface area contributed by atoms with Gasteiger partial charge in [0.15, 0.2) is 0 Å². The van der Waals surface area contributed by atoms with E-state index in [2.05, 4.69) is 204 Å². The molecule has 3 nitrogen and oxygen atoms in total. The molecule has 0 saturated carbocycles. The number of benzene rings is 8. The average Bonchev–Trinajstić information content (AvgIpc) is 3.82. The molecule has 0 radical (unpaired) electrons. The lowest BCUT2D eigenvalue weighted by Gasteiger charge is -2.27. The van der Waals surface area contributed by atoms with Crippen molar-refractivity contribution in [2.24, 2.45) is 0 Å². The van der Waals surface area contributed by atoms with Gasteiger partial charge < -0.3 is 9.47 Å². The summed E-state index contributed by atoms with van der Waals surface area (Å²) in [5.74, 6) is 0. The van der Waals surface area contributed by atoms with Crippen molar-refractivity contribution in [3.8, 4) is 38.5 Å². The first-order valence-corrected chi connectivity index (χ1v) is 18.7. The maximum atomic E-state index is 4.92. The summed E-state index contributed by atoms with van der Waals surface area (Å²) in [5.41, 5.74) is 13.7. The zero-order valence-electron chi connectivity index (χ0n) is 28.8. The highest BCUT2D eigenvalue weighted by molar-refractivity contribution is 7.21. The summed E-state index contributed by atoms with van der Waals surface area (Å²) in [5, 5.41) is 3.45. The molecule has 10 rings (SSSR count). The van der Waals surface area contributed by atoms with E-state index in [0.717, 1.165) is 44.4 Å². The predicted molar refractivity (Wildman–Crippen MR) is 225 cm³/mol. The molecule has 0 amide bonds. The van der Waals surface area contributed by atoms with Crippen molar-refractivity contribution in [1.82, 2.24) is 9.55 Å². The maximum absolute atomic E-state index is 4.92. The summed E-state index contributed by atoms with van der Waals surface area (Å²) in [6.07, 6.45) is 0. The van der Waals surface area contributed by atoms with Gasteiger partial charge in [-0.3, -0.25) is 0 Å². The molecule has 2 heterocycles. The van der Waals surface area contributed by atoms with Crippen LogP contribution in [0, 0.1) is 0 Å². The second kappa shape index (κ2) is 13.1. The standard InChI is InChI=1S/C49H33N3S/c1-3-12-34(13-4-1)36-22-28-39(29-23-36)51(40-30-24-37(25-31-40)35-14-5-2-6-15-35)45-19-11-20-46-48(45)42-16-7-9-18-44(42)52(46)41-32-26-38(27-33-41)49-50-43-17-8-10-21-47(43)53-49/h1-33H. The van der Waals surface area contributed by atoms with E-state index in [1.807, 2.05) is 6.07 Å². The molecule has 250 valence electrons. The Kier molecular flexibility index (Phi) is 7.67. The summed E-state index contributed by atoms with van der Waals surface area (Å²) >= 11 is 1.74. The molecule has 0 unspecified atom stereocenters. The second-order valence-corrected chi connectivity index (χ2v) is 14.2. The number of anilines is 3. The molecule has 0 fully saturated rings. The first-order chi connectivity index (χ1) is 26.3. The number of aromatic nitrogens is 2. The molecule has 0 bridgehead atoms. The Bertz CT molecular complexity index is 2740. The van der Waals surface area contributed by atoms with Crippen LogP contribution in [0.5, 0.6) is 0 Å². The molecule has 10 aromatic rings.